The fraction of sp³-hybridized carbons (Fsp3) is 1.00. The predicted octanol–water partition coefficient (Wildman–Crippen LogP) is 3.49. The summed E-state index contributed by atoms with van der Waals surface area (Å²) in [6.07, 6.45) is -5.49. The minimum absolute atomic E-state index is 0.0728. The molecule has 0 aromatic rings. The lowest BCUT2D eigenvalue weighted by Gasteiger charge is -2.26. The molecule has 7 heteroatoms. The van der Waals surface area contributed by atoms with Crippen LogP contribution in [0.15, 0.2) is 0 Å². The second-order valence-electron chi connectivity index (χ2n) is 4.16. The van der Waals surface area contributed by atoms with Gasteiger partial charge in [0.15, 0.2) is 6.10 Å². The van der Waals surface area contributed by atoms with Crippen LogP contribution in [-0.2, 0) is 13.6 Å². The van der Waals surface area contributed by atoms with E-state index in [0.717, 1.165) is 6.92 Å². The Labute approximate surface area is 108 Å². The molecule has 0 bridgehead atoms. The molecule has 0 saturated heterocycles. The molecule has 0 aliphatic rings. The molecule has 0 amide bonds. The van der Waals surface area contributed by atoms with Crippen LogP contribution in [0.3, 0.4) is 0 Å². The van der Waals surface area contributed by atoms with Crippen LogP contribution in [0.2, 0.25) is 12.6 Å². The van der Waals surface area contributed by atoms with Crippen molar-refractivity contribution in [2.45, 2.75) is 52.1 Å². The van der Waals surface area contributed by atoms with Gasteiger partial charge in [0.25, 0.3) is 0 Å². The second-order valence-corrected chi connectivity index (χ2v) is 7.50. The highest BCUT2D eigenvalue weighted by atomic mass is 28.4. The molecule has 0 rings (SSSR count). The van der Waals surface area contributed by atoms with Gasteiger partial charge in [-0.3, -0.25) is 0 Å². The average molecular weight is 288 g/mol. The number of alkyl halides is 3. The fourth-order valence-electron chi connectivity index (χ4n) is 1.54. The van der Waals surface area contributed by atoms with E-state index in [9.17, 15) is 13.2 Å². The van der Waals surface area contributed by atoms with E-state index in [4.69, 9.17) is 13.6 Å². The third kappa shape index (κ3) is 7.35. The van der Waals surface area contributed by atoms with E-state index in [1.165, 1.54) is 0 Å². The molecule has 1 atom stereocenters. The standard InChI is InChI=1S/C11H23F3O3Si/c1-5-16-18(4,17-6-2)9-7-8-15-10(3)11(12,13)14/h10H,5-9H2,1-4H3. The Morgan fingerprint density at radius 3 is 2.00 bits per heavy atom. The molecule has 0 aliphatic carbocycles. The summed E-state index contributed by atoms with van der Waals surface area (Å²) in [6, 6.07) is 0.638. The van der Waals surface area contributed by atoms with Gasteiger partial charge in [-0.25, -0.2) is 0 Å². The van der Waals surface area contributed by atoms with Gasteiger partial charge in [-0.1, -0.05) is 0 Å². The van der Waals surface area contributed by atoms with Gasteiger partial charge < -0.3 is 13.6 Å². The molecular weight excluding hydrogens is 265 g/mol. The van der Waals surface area contributed by atoms with Gasteiger partial charge in [0.2, 0.25) is 0 Å². The quantitative estimate of drug-likeness (QED) is 0.480. The average Bonchev–Trinajstić information content (AvgIpc) is 2.23. The van der Waals surface area contributed by atoms with E-state index in [2.05, 4.69) is 0 Å². The predicted molar refractivity (Wildman–Crippen MR) is 65.8 cm³/mol. The van der Waals surface area contributed by atoms with Crippen molar-refractivity contribution >= 4 is 8.56 Å². The van der Waals surface area contributed by atoms with Crippen LogP contribution >= 0.6 is 0 Å². The van der Waals surface area contributed by atoms with E-state index < -0.39 is 20.8 Å². The third-order valence-electron chi connectivity index (χ3n) is 2.50. The van der Waals surface area contributed by atoms with Gasteiger partial charge in [-0.2, -0.15) is 13.2 Å². The van der Waals surface area contributed by atoms with Crippen molar-refractivity contribution in [3.05, 3.63) is 0 Å². The molecule has 18 heavy (non-hydrogen) atoms. The van der Waals surface area contributed by atoms with Crippen LogP contribution in [0.4, 0.5) is 13.2 Å². The Hall–Kier alpha value is -0.113. The Morgan fingerprint density at radius 2 is 1.61 bits per heavy atom. The fourth-order valence-corrected chi connectivity index (χ4v) is 3.92. The molecule has 1 unspecified atom stereocenters. The van der Waals surface area contributed by atoms with Gasteiger partial charge >= 0.3 is 14.7 Å². The normalized spacial score (nSPS) is 14.8. The summed E-state index contributed by atoms with van der Waals surface area (Å²) in [7, 11) is -2.23. The number of hydrogen-bond acceptors (Lipinski definition) is 3. The van der Waals surface area contributed by atoms with E-state index in [0.29, 0.717) is 25.7 Å². The maximum Gasteiger partial charge on any atom is 0.414 e. The number of ether oxygens (including phenoxy) is 1. The number of rotatable bonds is 9. The molecule has 0 saturated carbocycles. The second kappa shape index (κ2) is 8.14. The molecule has 0 aliphatic heterocycles. The highest BCUT2D eigenvalue weighted by Crippen LogP contribution is 2.23. The Bertz CT molecular complexity index is 218. The lowest BCUT2D eigenvalue weighted by Crippen LogP contribution is -2.39. The van der Waals surface area contributed by atoms with Crippen molar-refractivity contribution in [1.29, 1.82) is 0 Å². The van der Waals surface area contributed by atoms with E-state index in [-0.39, 0.29) is 6.61 Å². The van der Waals surface area contributed by atoms with E-state index in [1.807, 2.05) is 20.4 Å². The number of hydrogen-bond donors (Lipinski definition) is 0. The molecule has 0 N–H and O–H groups in total. The summed E-state index contributed by atoms with van der Waals surface area (Å²) in [5, 5.41) is 0. The summed E-state index contributed by atoms with van der Waals surface area (Å²) in [5.41, 5.74) is 0. The molecule has 0 radical (unpaired) electrons. The van der Waals surface area contributed by atoms with Crippen LogP contribution in [-0.4, -0.2) is 40.7 Å². The summed E-state index contributed by atoms with van der Waals surface area (Å²) in [6.45, 7) is 7.89. The smallest absolute Gasteiger partial charge is 0.395 e. The molecule has 0 fully saturated rings. The monoisotopic (exact) mass is 288 g/mol. The van der Waals surface area contributed by atoms with Gasteiger partial charge in [-0.05, 0) is 39.8 Å². The molecule has 0 spiro atoms. The summed E-state index contributed by atoms with van der Waals surface area (Å²) in [4.78, 5) is 0. The van der Waals surface area contributed by atoms with Gasteiger partial charge in [0.05, 0.1) is 0 Å². The van der Waals surface area contributed by atoms with Crippen LogP contribution < -0.4 is 0 Å². The maximum atomic E-state index is 12.2. The van der Waals surface area contributed by atoms with Crippen LogP contribution in [0, 0.1) is 0 Å². The molecule has 3 nitrogen and oxygen atoms in total. The van der Waals surface area contributed by atoms with Crippen molar-refractivity contribution in [2.75, 3.05) is 19.8 Å². The van der Waals surface area contributed by atoms with Crippen molar-refractivity contribution in [1.82, 2.24) is 0 Å². The summed E-state index contributed by atoms with van der Waals surface area (Å²) < 4.78 is 52.5. The summed E-state index contributed by atoms with van der Waals surface area (Å²) >= 11 is 0. The molecular formula is C11H23F3O3Si. The SMILES string of the molecule is CCO[Si](C)(CCCOC(C)C(F)(F)F)OCC. The van der Waals surface area contributed by atoms with Gasteiger partial charge in [-0.15, -0.1) is 0 Å². The minimum atomic E-state index is -4.29. The van der Waals surface area contributed by atoms with Gasteiger partial charge in [0, 0.05) is 19.8 Å². The first kappa shape index (κ1) is 17.9. The first-order chi connectivity index (χ1) is 8.25. The zero-order chi connectivity index (χ0) is 14.2. The van der Waals surface area contributed by atoms with Crippen molar-refractivity contribution in [3.63, 3.8) is 0 Å². The van der Waals surface area contributed by atoms with Gasteiger partial charge in [0.1, 0.15) is 0 Å². The number of halogens is 3. The Morgan fingerprint density at radius 1 is 1.11 bits per heavy atom. The lowest BCUT2D eigenvalue weighted by atomic mass is 10.4. The first-order valence-corrected chi connectivity index (χ1v) is 8.73. The zero-order valence-corrected chi connectivity index (χ0v) is 12.5. The lowest BCUT2D eigenvalue weighted by molar-refractivity contribution is -0.214. The van der Waals surface area contributed by atoms with Crippen molar-refractivity contribution < 1.29 is 26.8 Å². The highest BCUT2D eigenvalue weighted by Gasteiger charge is 2.37. The molecule has 0 aromatic carbocycles. The largest absolute Gasteiger partial charge is 0.414 e. The van der Waals surface area contributed by atoms with Crippen LogP contribution in [0.1, 0.15) is 27.2 Å². The van der Waals surface area contributed by atoms with Crippen molar-refractivity contribution in [3.8, 4) is 0 Å². The topological polar surface area (TPSA) is 27.7 Å². The Balaban J connectivity index is 3.93. The van der Waals surface area contributed by atoms with E-state index in [1.54, 1.807) is 0 Å². The van der Waals surface area contributed by atoms with Crippen LogP contribution in [0.25, 0.3) is 0 Å². The maximum absolute atomic E-state index is 12.2. The molecule has 110 valence electrons. The van der Waals surface area contributed by atoms with E-state index >= 15 is 0 Å². The molecule has 0 aromatic heterocycles. The third-order valence-corrected chi connectivity index (χ3v) is 5.56. The van der Waals surface area contributed by atoms with Crippen molar-refractivity contribution in [2.24, 2.45) is 0 Å². The minimum Gasteiger partial charge on any atom is -0.395 e. The highest BCUT2D eigenvalue weighted by molar-refractivity contribution is 6.66. The summed E-state index contributed by atoms with van der Waals surface area (Å²) in [5.74, 6) is 0. The molecule has 0 heterocycles. The zero-order valence-electron chi connectivity index (χ0n) is 11.5. The first-order valence-electron chi connectivity index (χ1n) is 6.21. The Kier molecular flexibility index (Phi) is 8.09. The van der Waals surface area contributed by atoms with Crippen LogP contribution in [0.5, 0.6) is 0 Å².